The zero-order valence-corrected chi connectivity index (χ0v) is 11.2. The Morgan fingerprint density at radius 2 is 2.05 bits per heavy atom. The van der Waals surface area contributed by atoms with Gasteiger partial charge >= 0.3 is 0 Å². The Labute approximate surface area is 115 Å². The summed E-state index contributed by atoms with van der Waals surface area (Å²) in [4.78, 5) is 11.4. The lowest BCUT2D eigenvalue weighted by Crippen LogP contribution is -2.37. The van der Waals surface area contributed by atoms with Crippen LogP contribution in [0.15, 0.2) is 18.2 Å². The minimum Gasteiger partial charge on any atom is -0.386 e. The standard InChI is InChI=1S/C13H18F2N2O3/c1-20-6-5-16-8-12(19)17-7-11(18)13-9(14)3-2-4-10(13)15/h2-4,11,16,18H,5-8H2,1H3,(H,17,19). The van der Waals surface area contributed by atoms with Crippen LogP contribution in [-0.4, -0.2) is 44.4 Å². The van der Waals surface area contributed by atoms with E-state index in [9.17, 15) is 18.7 Å². The molecule has 1 unspecified atom stereocenters. The molecule has 1 aromatic rings. The van der Waals surface area contributed by atoms with Crippen molar-refractivity contribution in [2.75, 3.05) is 33.4 Å². The lowest BCUT2D eigenvalue weighted by atomic mass is 10.1. The van der Waals surface area contributed by atoms with Crippen LogP contribution >= 0.6 is 0 Å². The number of halogens is 2. The van der Waals surface area contributed by atoms with Gasteiger partial charge in [-0.05, 0) is 12.1 Å². The van der Waals surface area contributed by atoms with Crippen LogP contribution in [0.25, 0.3) is 0 Å². The van der Waals surface area contributed by atoms with Gasteiger partial charge in [-0.15, -0.1) is 0 Å². The highest BCUT2D eigenvalue weighted by molar-refractivity contribution is 5.78. The molecule has 3 N–H and O–H groups in total. The first-order valence-electron chi connectivity index (χ1n) is 6.14. The smallest absolute Gasteiger partial charge is 0.234 e. The summed E-state index contributed by atoms with van der Waals surface area (Å²) < 4.78 is 31.5. The average Bonchev–Trinajstić information content (AvgIpc) is 2.41. The van der Waals surface area contributed by atoms with E-state index in [0.29, 0.717) is 13.2 Å². The van der Waals surface area contributed by atoms with E-state index >= 15 is 0 Å². The molecule has 1 aromatic carbocycles. The maximum absolute atomic E-state index is 13.4. The molecule has 20 heavy (non-hydrogen) atoms. The Morgan fingerprint density at radius 1 is 1.40 bits per heavy atom. The van der Waals surface area contributed by atoms with Crippen molar-refractivity contribution >= 4 is 5.91 Å². The molecule has 0 aliphatic rings. The molecule has 1 rings (SSSR count). The number of carbonyl (C=O) groups excluding carboxylic acids is 1. The number of hydrogen-bond donors (Lipinski definition) is 3. The minimum absolute atomic E-state index is 0.0375. The summed E-state index contributed by atoms with van der Waals surface area (Å²) >= 11 is 0. The number of hydrogen-bond acceptors (Lipinski definition) is 4. The molecule has 5 nitrogen and oxygen atoms in total. The predicted molar refractivity (Wildman–Crippen MR) is 69.1 cm³/mol. The predicted octanol–water partition coefficient (Wildman–Crippen LogP) is 0.350. The molecule has 0 radical (unpaired) electrons. The molecule has 0 aliphatic carbocycles. The number of nitrogens with one attached hydrogen (secondary N) is 2. The molecule has 112 valence electrons. The molecule has 0 aromatic heterocycles. The number of carbonyl (C=O) groups is 1. The molecular weight excluding hydrogens is 270 g/mol. The fraction of sp³-hybridized carbons (Fsp3) is 0.462. The molecule has 0 spiro atoms. The number of rotatable bonds is 8. The first-order valence-corrected chi connectivity index (χ1v) is 6.14. The second-order valence-electron chi connectivity index (χ2n) is 4.12. The molecule has 0 saturated heterocycles. The van der Waals surface area contributed by atoms with Crippen LogP contribution in [0.4, 0.5) is 8.78 Å². The van der Waals surface area contributed by atoms with Gasteiger partial charge in [0.1, 0.15) is 17.7 Å². The zero-order valence-electron chi connectivity index (χ0n) is 11.2. The van der Waals surface area contributed by atoms with Crippen LogP contribution in [0.5, 0.6) is 0 Å². The summed E-state index contributed by atoms with van der Waals surface area (Å²) in [6, 6.07) is 3.31. The van der Waals surface area contributed by atoms with Crippen LogP contribution in [-0.2, 0) is 9.53 Å². The number of ether oxygens (including phenoxy) is 1. The summed E-state index contributed by atoms with van der Waals surface area (Å²) in [7, 11) is 1.54. The van der Waals surface area contributed by atoms with Crippen LogP contribution in [0.1, 0.15) is 11.7 Å². The Hall–Kier alpha value is -1.57. The van der Waals surface area contributed by atoms with Crippen molar-refractivity contribution in [3.8, 4) is 0 Å². The van der Waals surface area contributed by atoms with E-state index in [0.717, 1.165) is 12.1 Å². The minimum atomic E-state index is -1.43. The lowest BCUT2D eigenvalue weighted by molar-refractivity contribution is -0.120. The molecule has 0 aliphatic heterocycles. The molecule has 0 bridgehead atoms. The van der Waals surface area contributed by atoms with Gasteiger partial charge in [0.15, 0.2) is 0 Å². The third-order valence-corrected chi connectivity index (χ3v) is 2.59. The average molecular weight is 288 g/mol. The topological polar surface area (TPSA) is 70.6 Å². The Balaban J connectivity index is 2.39. The first kappa shape index (κ1) is 16.5. The number of aliphatic hydroxyl groups is 1. The molecule has 0 fully saturated rings. The second-order valence-corrected chi connectivity index (χ2v) is 4.12. The number of methoxy groups -OCH3 is 1. The van der Waals surface area contributed by atoms with Gasteiger partial charge in [0.25, 0.3) is 0 Å². The van der Waals surface area contributed by atoms with Gasteiger partial charge < -0.3 is 20.5 Å². The first-order chi connectivity index (χ1) is 9.56. The van der Waals surface area contributed by atoms with Gasteiger partial charge in [0.2, 0.25) is 5.91 Å². The maximum atomic E-state index is 13.4. The highest BCUT2D eigenvalue weighted by atomic mass is 19.1. The Morgan fingerprint density at radius 3 is 2.65 bits per heavy atom. The summed E-state index contributed by atoms with van der Waals surface area (Å²) in [6.07, 6.45) is -1.43. The van der Waals surface area contributed by atoms with Gasteiger partial charge in [-0.25, -0.2) is 8.78 Å². The van der Waals surface area contributed by atoms with Gasteiger partial charge in [-0.2, -0.15) is 0 Å². The number of benzene rings is 1. The Bertz CT molecular complexity index is 423. The van der Waals surface area contributed by atoms with Crippen molar-refractivity contribution in [3.63, 3.8) is 0 Å². The summed E-state index contributed by atoms with van der Waals surface area (Å²) in [5.74, 6) is -2.06. The van der Waals surface area contributed by atoms with Crippen LogP contribution in [0.3, 0.4) is 0 Å². The van der Waals surface area contributed by atoms with Crippen molar-refractivity contribution in [1.82, 2.24) is 10.6 Å². The quantitative estimate of drug-likeness (QED) is 0.604. The van der Waals surface area contributed by atoms with Crippen LogP contribution in [0.2, 0.25) is 0 Å². The van der Waals surface area contributed by atoms with E-state index in [4.69, 9.17) is 4.74 Å². The SMILES string of the molecule is COCCNCC(=O)NCC(O)c1c(F)cccc1F. The van der Waals surface area contributed by atoms with Crippen molar-refractivity contribution < 1.29 is 23.4 Å². The molecule has 1 amide bonds. The molecule has 0 heterocycles. The fourth-order valence-electron chi connectivity index (χ4n) is 1.58. The van der Waals surface area contributed by atoms with Crippen molar-refractivity contribution in [2.24, 2.45) is 0 Å². The summed E-state index contributed by atoms with van der Waals surface area (Å²) in [6.45, 7) is 0.753. The molecule has 0 saturated carbocycles. The Kier molecular flexibility index (Phi) is 7.06. The van der Waals surface area contributed by atoms with Crippen molar-refractivity contribution in [3.05, 3.63) is 35.4 Å². The zero-order chi connectivity index (χ0) is 15.0. The van der Waals surface area contributed by atoms with Crippen molar-refractivity contribution in [1.29, 1.82) is 0 Å². The highest BCUT2D eigenvalue weighted by Gasteiger charge is 2.18. The van der Waals surface area contributed by atoms with Crippen LogP contribution < -0.4 is 10.6 Å². The number of amides is 1. The second kappa shape index (κ2) is 8.57. The van der Waals surface area contributed by atoms with Gasteiger partial charge in [-0.1, -0.05) is 6.07 Å². The van der Waals surface area contributed by atoms with E-state index in [-0.39, 0.29) is 19.0 Å². The van der Waals surface area contributed by atoms with E-state index in [2.05, 4.69) is 10.6 Å². The van der Waals surface area contributed by atoms with Crippen LogP contribution in [0, 0.1) is 11.6 Å². The van der Waals surface area contributed by atoms with Gasteiger partial charge in [-0.3, -0.25) is 4.79 Å². The van der Waals surface area contributed by atoms with Gasteiger partial charge in [0, 0.05) is 20.2 Å². The lowest BCUT2D eigenvalue weighted by Gasteiger charge is -2.14. The highest BCUT2D eigenvalue weighted by Crippen LogP contribution is 2.19. The third kappa shape index (κ3) is 5.20. The van der Waals surface area contributed by atoms with Crippen molar-refractivity contribution in [2.45, 2.75) is 6.10 Å². The molecule has 7 heteroatoms. The van der Waals surface area contributed by atoms with E-state index in [1.165, 1.54) is 6.07 Å². The van der Waals surface area contributed by atoms with E-state index in [1.807, 2.05) is 0 Å². The molecule has 1 atom stereocenters. The summed E-state index contributed by atoms with van der Waals surface area (Å²) in [5, 5.41) is 14.9. The normalized spacial score (nSPS) is 12.2. The fourth-order valence-corrected chi connectivity index (χ4v) is 1.58. The largest absolute Gasteiger partial charge is 0.386 e. The maximum Gasteiger partial charge on any atom is 0.234 e. The number of aliphatic hydroxyl groups excluding tert-OH is 1. The monoisotopic (exact) mass is 288 g/mol. The molecular formula is C13H18F2N2O3. The van der Waals surface area contributed by atoms with E-state index < -0.39 is 23.3 Å². The third-order valence-electron chi connectivity index (χ3n) is 2.59. The summed E-state index contributed by atoms with van der Waals surface area (Å²) in [5.41, 5.74) is -0.444. The van der Waals surface area contributed by atoms with Gasteiger partial charge in [0.05, 0.1) is 18.7 Å². The van der Waals surface area contributed by atoms with E-state index in [1.54, 1.807) is 7.11 Å².